The molecule has 4 nitrogen and oxygen atoms in total. The van der Waals surface area contributed by atoms with Gasteiger partial charge in [0.2, 0.25) is 0 Å². The summed E-state index contributed by atoms with van der Waals surface area (Å²) in [4.78, 5) is 14.0. The maximum absolute atomic E-state index is 12.7. The summed E-state index contributed by atoms with van der Waals surface area (Å²) >= 11 is 7.03. The van der Waals surface area contributed by atoms with Crippen molar-refractivity contribution in [3.05, 3.63) is 57.3 Å². The molecule has 1 amide bonds. The quantitative estimate of drug-likeness (QED) is 0.499. The molecule has 28 heavy (non-hydrogen) atoms. The summed E-state index contributed by atoms with van der Waals surface area (Å²) in [6, 6.07) is 10.1. The lowest BCUT2D eigenvalue weighted by atomic mass is 9.72. The molecule has 6 heteroatoms. The molecule has 150 valence electrons. The van der Waals surface area contributed by atoms with E-state index >= 15 is 0 Å². The number of nitrogens with one attached hydrogen (secondary N) is 3. The molecule has 2 atom stereocenters. The Labute approximate surface area is 177 Å². The second-order valence-corrected chi connectivity index (χ2v) is 9.91. The number of thiocarbonyl (C=S) groups is 1. The predicted octanol–water partition coefficient (Wildman–Crippen LogP) is 4.77. The van der Waals surface area contributed by atoms with Crippen LogP contribution < -0.4 is 16.2 Å². The van der Waals surface area contributed by atoms with Gasteiger partial charge in [-0.25, -0.2) is 0 Å². The molecule has 3 N–H and O–H groups in total. The third kappa shape index (κ3) is 4.92. The largest absolute Gasteiger partial charge is 0.355 e. The summed E-state index contributed by atoms with van der Waals surface area (Å²) in [5.41, 5.74) is 9.01. The van der Waals surface area contributed by atoms with Crippen molar-refractivity contribution in [3.8, 4) is 0 Å². The number of thiophene rings is 1. The number of carbonyl (C=O) groups is 1. The number of rotatable bonds is 3. The first-order chi connectivity index (χ1) is 13.3. The highest BCUT2D eigenvalue weighted by molar-refractivity contribution is 7.80. The fraction of sp³-hybridized carbons (Fsp3) is 0.455. The van der Waals surface area contributed by atoms with Gasteiger partial charge >= 0.3 is 0 Å². The van der Waals surface area contributed by atoms with Crippen LogP contribution in [0.15, 0.2) is 35.7 Å². The van der Waals surface area contributed by atoms with Crippen molar-refractivity contribution < 1.29 is 4.79 Å². The Kier molecular flexibility index (Phi) is 6.40. The standard InChI is InChI=1S/C22H29N3OS2/c1-14(15-8-6-5-7-9-15)23-21(27)25-24-20(26)18-13-28-19-12-16(22(2,3)4)10-11-17(18)19/h5-9,13-14,16H,10-12H2,1-4H3,(H,24,26)(H2,23,25,27)/t14-,16+/m0/s1. The third-order valence-electron chi connectivity index (χ3n) is 5.56. The van der Waals surface area contributed by atoms with Crippen LogP contribution in [0.2, 0.25) is 0 Å². The molecule has 1 aliphatic rings. The van der Waals surface area contributed by atoms with E-state index in [9.17, 15) is 4.79 Å². The van der Waals surface area contributed by atoms with Crippen LogP contribution in [-0.2, 0) is 12.8 Å². The van der Waals surface area contributed by atoms with Crippen molar-refractivity contribution in [2.24, 2.45) is 11.3 Å². The van der Waals surface area contributed by atoms with Crippen molar-refractivity contribution in [2.75, 3.05) is 0 Å². The van der Waals surface area contributed by atoms with Gasteiger partial charge in [0.15, 0.2) is 5.11 Å². The number of amides is 1. The van der Waals surface area contributed by atoms with Gasteiger partial charge in [-0.1, -0.05) is 51.1 Å². The highest BCUT2D eigenvalue weighted by atomic mass is 32.1. The molecule has 0 unspecified atom stereocenters. The lowest BCUT2D eigenvalue weighted by Crippen LogP contribution is -2.47. The topological polar surface area (TPSA) is 53.2 Å². The SMILES string of the molecule is C[C@H](NC(=S)NNC(=O)c1csc2c1CC[C@@H](C(C)(C)C)C2)c1ccccc1. The lowest BCUT2D eigenvalue weighted by Gasteiger charge is -2.34. The van der Waals surface area contributed by atoms with Crippen molar-refractivity contribution in [3.63, 3.8) is 0 Å². The van der Waals surface area contributed by atoms with Crippen LogP contribution >= 0.6 is 23.6 Å². The summed E-state index contributed by atoms with van der Waals surface area (Å²) in [6.07, 6.45) is 3.17. The van der Waals surface area contributed by atoms with Gasteiger partial charge < -0.3 is 5.32 Å². The first-order valence-corrected chi connectivity index (χ1v) is 11.1. The molecule has 0 aliphatic heterocycles. The summed E-state index contributed by atoms with van der Waals surface area (Å²) in [7, 11) is 0. The Morgan fingerprint density at radius 1 is 1.21 bits per heavy atom. The number of hydrogen-bond acceptors (Lipinski definition) is 3. The zero-order valence-electron chi connectivity index (χ0n) is 17.0. The second-order valence-electron chi connectivity index (χ2n) is 8.54. The second kappa shape index (κ2) is 8.62. The van der Waals surface area contributed by atoms with Crippen LogP contribution in [0.25, 0.3) is 0 Å². The Morgan fingerprint density at radius 3 is 2.61 bits per heavy atom. The van der Waals surface area contributed by atoms with Crippen molar-refractivity contribution in [1.29, 1.82) is 0 Å². The molecule has 0 fully saturated rings. The first kappa shape index (κ1) is 20.8. The van der Waals surface area contributed by atoms with Gasteiger partial charge in [0.25, 0.3) is 5.91 Å². The van der Waals surface area contributed by atoms with Crippen LogP contribution in [0.4, 0.5) is 0 Å². The summed E-state index contributed by atoms with van der Waals surface area (Å²) in [5.74, 6) is 0.548. The van der Waals surface area contributed by atoms with E-state index < -0.39 is 0 Å². The minimum Gasteiger partial charge on any atom is -0.355 e. The maximum Gasteiger partial charge on any atom is 0.270 e. The van der Waals surface area contributed by atoms with E-state index in [-0.39, 0.29) is 11.9 Å². The Hall–Kier alpha value is -1.92. The predicted molar refractivity (Wildman–Crippen MR) is 120 cm³/mol. The fourth-order valence-corrected chi connectivity index (χ4v) is 5.07. The van der Waals surface area contributed by atoms with Crippen LogP contribution in [0.1, 0.15) is 66.5 Å². The van der Waals surface area contributed by atoms with E-state index in [1.54, 1.807) is 11.3 Å². The normalized spacial score (nSPS) is 17.4. The Morgan fingerprint density at radius 2 is 1.93 bits per heavy atom. The molecule has 0 saturated heterocycles. The number of fused-ring (bicyclic) bond motifs is 1. The number of carbonyl (C=O) groups excluding carboxylic acids is 1. The Bertz CT molecular complexity index is 839. The highest BCUT2D eigenvalue weighted by Gasteiger charge is 2.31. The average Bonchev–Trinajstić information content (AvgIpc) is 3.09. The molecule has 0 bridgehead atoms. The van der Waals surface area contributed by atoms with Gasteiger partial charge in [0.1, 0.15) is 0 Å². The molecule has 1 heterocycles. The summed E-state index contributed by atoms with van der Waals surface area (Å²) < 4.78 is 0. The highest BCUT2D eigenvalue weighted by Crippen LogP contribution is 2.40. The van der Waals surface area contributed by atoms with Gasteiger partial charge in [-0.05, 0) is 60.9 Å². The fourth-order valence-electron chi connectivity index (χ4n) is 3.68. The van der Waals surface area contributed by atoms with Gasteiger partial charge in [-0.2, -0.15) is 0 Å². The van der Waals surface area contributed by atoms with E-state index in [0.29, 0.717) is 16.4 Å². The first-order valence-electron chi connectivity index (χ1n) is 9.76. The zero-order valence-corrected chi connectivity index (χ0v) is 18.6. The van der Waals surface area contributed by atoms with Crippen LogP contribution in [0, 0.1) is 11.3 Å². The smallest absolute Gasteiger partial charge is 0.270 e. The number of hydrogen-bond donors (Lipinski definition) is 3. The van der Waals surface area contributed by atoms with Crippen molar-refractivity contribution in [2.45, 2.75) is 53.0 Å². The molecular weight excluding hydrogens is 386 g/mol. The van der Waals surface area contributed by atoms with Gasteiger partial charge in [0, 0.05) is 10.3 Å². The van der Waals surface area contributed by atoms with Gasteiger partial charge in [-0.15, -0.1) is 11.3 Å². The summed E-state index contributed by atoms with van der Waals surface area (Å²) in [6.45, 7) is 8.95. The molecule has 1 aromatic carbocycles. The minimum absolute atomic E-state index is 0.0568. The molecule has 1 aliphatic carbocycles. The van der Waals surface area contributed by atoms with E-state index in [4.69, 9.17) is 12.2 Å². The van der Waals surface area contributed by atoms with Crippen LogP contribution in [0.3, 0.4) is 0 Å². The van der Waals surface area contributed by atoms with Crippen LogP contribution in [-0.4, -0.2) is 11.0 Å². The van der Waals surface area contributed by atoms with Crippen molar-refractivity contribution >= 4 is 34.6 Å². The third-order valence-corrected chi connectivity index (χ3v) is 6.83. The van der Waals surface area contributed by atoms with E-state index in [1.807, 2.05) is 42.6 Å². The zero-order chi connectivity index (χ0) is 20.3. The maximum atomic E-state index is 12.7. The molecule has 0 saturated carbocycles. The molecule has 0 radical (unpaired) electrons. The van der Waals surface area contributed by atoms with Crippen molar-refractivity contribution in [1.82, 2.24) is 16.2 Å². The molecule has 1 aromatic heterocycles. The number of benzene rings is 1. The Balaban J connectivity index is 1.55. The molecule has 2 aromatic rings. The molecular formula is C22H29N3OS2. The van der Waals surface area contributed by atoms with E-state index in [1.165, 1.54) is 10.4 Å². The summed E-state index contributed by atoms with van der Waals surface area (Å²) in [5, 5.41) is 5.58. The lowest BCUT2D eigenvalue weighted by molar-refractivity contribution is 0.0942. The average molecular weight is 416 g/mol. The molecule has 0 spiro atoms. The minimum atomic E-state index is -0.122. The van der Waals surface area contributed by atoms with E-state index in [0.717, 1.165) is 30.4 Å². The monoisotopic (exact) mass is 415 g/mol. The van der Waals surface area contributed by atoms with Crippen LogP contribution in [0.5, 0.6) is 0 Å². The van der Waals surface area contributed by atoms with Gasteiger partial charge in [0.05, 0.1) is 11.6 Å². The number of hydrazine groups is 1. The van der Waals surface area contributed by atoms with Gasteiger partial charge in [-0.3, -0.25) is 15.6 Å². The molecule has 3 rings (SSSR count). The van der Waals surface area contributed by atoms with E-state index in [2.05, 4.69) is 36.9 Å².